The second-order valence-corrected chi connectivity index (χ2v) is 6.89. The molecule has 22 heavy (non-hydrogen) atoms. The van der Waals surface area contributed by atoms with E-state index in [-0.39, 0.29) is 6.03 Å². The topological polar surface area (TPSA) is 32.3 Å². The SMILES string of the molecule is CC[C@@H]1CN(C(=O)Nc2ccccc2Cl)c2ccccc2S1. The molecular formula is C17H17ClN2OS. The molecule has 2 amide bonds. The van der Waals surface area contributed by atoms with Gasteiger partial charge in [0, 0.05) is 16.7 Å². The molecule has 3 nitrogen and oxygen atoms in total. The van der Waals surface area contributed by atoms with Crippen LogP contribution in [0.4, 0.5) is 16.2 Å². The molecule has 0 saturated carbocycles. The van der Waals surface area contributed by atoms with E-state index in [0.29, 0.717) is 22.5 Å². The number of nitrogens with one attached hydrogen (secondary N) is 1. The van der Waals surface area contributed by atoms with E-state index in [9.17, 15) is 4.79 Å². The van der Waals surface area contributed by atoms with Crippen molar-refractivity contribution in [2.24, 2.45) is 0 Å². The molecule has 0 aromatic heterocycles. The summed E-state index contributed by atoms with van der Waals surface area (Å²) in [6, 6.07) is 15.2. The average molecular weight is 333 g/mol. The number of carbonyl (C=O) groups excluding carboxylic acids is 1. The summed E-state index contributed by atoms with van der Waals surface area (Å²) in [7, 11) is 0. The number of benzene rings is 2. The van der Waals surface area contributed by atoms with E-state index in [0.717, 1.165) is 17.0 Å². The number of carbonyl (C=O) groups is 1. The van der Waals surface area contributed by atoms with Crippen LogP contribution < -0.4 is 10.2 Å². The van der Waals surface area contributed by atoms with Crippen molar-refractivity contribution >= 4 is 40.8 Å². The fraction of sp³-hybridized carbons (Fsp3) is 0.235. The minimum Gasteiger partial charge on any atom is -0.306 e. The number of rotatable bonds is 2. The molecule has 1 aliphatic heterocycles. The number of fused-ring (bicyclic) bond motifs is 1. The van der Waals surface area contributed by atoms with Crippen LogP contribution in [-0.4, -0.2) is 17.8 Å². The summed E-state index contributed by atoms with van der Waals surface area (Å²) < 4.78 is 0. The third-order valence-electron chi connectivity index (χ3n) is 3.65. The number of nitrogens with zero attached hydrogens (tertiary/aromatic N) is 1. The number of hydrogen-bond donors (Lipinski definition) is 1. The van der Waals surface area contributed by atoms with E-state index in [2.05, 4.69) is 18.3 Å². The van der Waals surface area contributed by atoms with Crippen molar-refractivity contribution < 1.29 is 4.79 Å². The first kappa shape index (κ1) is 15.3. The number of urea groups is 1. The Labute approximate surface area is 139 Å². The molecule has 5 heteroatoms. The van der Waals surface area contributed by atoms with E-state index in [1.165, 1.54) is 0 Å². The zero-order valence-corrected chi connectivity index (χ0v) is 13.8. The van der Waals surface area contributed by atoms with Crippen molar-refractivity contribution in [3.8, 4) is 0 Å². The average Bonchev–Trinajstić information content (AvgIpc) is 2.55. The maximum Gasteiger partial charge on any atom is 0.326 e. The summed E-state index contributed by atoms with van der Waals surface area (Å²) in [6.07, 6.45) is 1.02. The van der Waals surface area contributed by atoms with Crippen LogP contribution in [0.15, 0.2) is 53.4 Å². The molecule has 3 rings (SSSR count). The first-order chi connectivity index (χ1) is 10.7. The second-order valence-electron chi connectivity index (χ2n) is 5.14. The van der Waals surface area contributed by atoms with E-state index in [1.54, 1.807) is 6.07 Å². The van der Waals surface area contributed by atoms with Gasteiger partial charge >= 0.3 is 6.03 Å². The van der Waals surface area contributed by atoms with Gasteiger partial charge in [-0.15, -0.1) is 11.8 Å². The highest BCUT2D eigenvalue weighted by molar-refractivity contribution is 8.00. The molecule has 0 bridgehead atoms. The predicted octanol–water partition coefficient (Wildman–Crippen LogP) is 5.26. The third kappa shape index (κ3) is 3.08. The monoisotopic (exact) mass is 332 g/mol. The van der Waals surface area contributed by atoms with Crippen LogP contribution in [0.2, 0.25) is 5.02 Å². The first-order valence-electron chi connectivity index (χ1n) is 7.27. The Bertz CT molecular complexity index is 692. The molecule has 0 spiro atoms. The summed E-state index contributed by atoms with van der Waals surface area (Å²) in [5.41, 5.74) is 1.60. The van der Waals surface area contributed by atoms with Gasteiger partial charge in [0.15, 0.2) is 0 Å². The zero-order chi connectivity index (χ0) is 15.5. The molecule has 0 fully saturated rings. The fourth-order valence-electron chi connectivity index (χ4n) is 2.45. The van der Waals surface area contributed by atoms with Crippen LogP contribution in [0.1, 0.15) is 13.3 Å². The zero-order valence-electron chi connectivity index (χ0n) is 12.3. The molecule has 2 aromatic carbocycles. The van der Waals surface area contributed by atoms with Crippen LogP contribution in [0, 0.1) is 0 Å². The Morgan fingerprint density at radius 1 is 1.27 bits per heavy atom. The first-order valence-corrected chi connectivity index (χ1v) is 8.53. The number of amides is 2. The number of halogens is 1. The smallest absolute Gasteiger partial charge is 0.306 e. The van der Waals surface area contributed by atoms with E-state index in [4.69, 9.17) is 11.6 Å². The Morgan fingerprint density at radius 3 is 2.77 bits per heavy atom. The molecular weight excluding hydrogens is 316 g/mol. The van der Waals surface area contributed by atoms with Gasteiger partial charge in [0.25, 0.3) is 0 Å². The Balaban J connectivity index is 1.87. The van der Waals surface area contributed by atoms with Gasteiger partial charge in [-0.1, -0.05) is 42.8 Å². The van der Waals surface area contributed by atoms with E-state index >= 15 is 0 Å². The molecule has 1 N–H and O–H groups in total. The molecule has 1 aliphatic rings. The van der Waals surface area contributed by atoms with Crippen molar-refractivity contribution in [2.75, 3.05) is 16.8 Å². The minimum absolute atomic E-state index is 0.140. The van der Waals surface area contributed by atoms with Crippen LogP contribution in [0.25, 0.3) is 0 Å². The fourth-order valence-corrected chi connectivity index (χ4v) is 3.84. The molecule has 0 radical (unpaired) electrons. The standard InChI is InChI=1S/C17H17ClN2OS/c1-2-12-11-20(15-9-5-6-10-16(15)22-12)17(21)19-14-8-4-3-7-13(14)18/h3-10,12H,2,11H2,1H3,(H,19,21)/t12-/m1/s1. The van der Waals surface area contributed by atoms with Crippen LogP contribution in [0.5, 0.6) is 0 Å². The number of thioether (sulfide) groups is 1. The van der Waals surface area contributed by atoms with Crippen LogP contribution in [0.3, 0.4) is 0 Å². The Kier molecular flexibility index (Phi) is 4.60. The predicted molar refractivity (Wildman–Crippen MR) is 94.2 cm³/mol. The van der Waals surface area contributed by atoms with E-state index in [1.807, 2.05) is 53.1 Å². The lowest BCUT2D eigenvalue weighted by molar-refractivity contribution is 0.256. The van der Waals surface area contributed by atoms with Crippen molar-refractivity contribution in [3.63, 3.8) is 0 Å². The highest BCUT2D eigenvalue weighted by atomic mass is 35.5. The number of anilines is 2. The van der Waals surface area contributed by atoms with Gasteiger partial charge in [-0.3, -0.25) is 4.90 Å². The summed E-state index contributed by atoms with van der Waals surface area (Å²) in [6.45, 7) is 2.85. The van der Waals surface area contributed by atoms with E-state index < -0.39 is 0 Å². The van der Waals surface area contributed by atoms with Crippen molar-refractivity contribution in [1.29, 1.82) is 0 Å². The number of para-hydroxylation sites is 2. The molecule has 114 valence electrons. The third-order valence-corrected chi connectivity index (χ3v) is 5.40. The lowest BCUT2D eigenvalue weighted by Gasteiger charge is -2.33. The maximum atomic E-state index is 12.7. The van der Waals surface area contributed by atoms with Gasteiger partial charge in [-0.25, -0.2) is 4.79 Å². The second kappa shape index (κ2) is 6.63. The molecule has 0 saturated heterocycles. The van der Waals surface area contributed by atoms with Gasteiger partial charge in [-0.2, -0.15) is 0 Å². The lowest BCUT2D eigenvalue weighted by atomic mass is 10.2. The number of hydrogen-bond acceptors (Lipinski definition) is 2. The summed E-state index contributed by atoms with van der Waals surface area (Å²) >= 11 is 7.97. The normalized spacial score (nSPS) is 17.0. The van der Waals surface area contributed by atoms with Crippen molar-refractivity contribution in [1.82, 2.24) is 0 Å². The lowest BCUT2D eigenvalue weighted by Crippen LogP contribution is -2.41. The molecule has 0 aliphatic carbocycles. The van der Waals surface area contributed by atoms with Gasteiger partial charge in [0.2, 0.25) is 0 Å². The quantitative estimate of drug-likeness (QED) is 0.813. The highest BCUT2D eigenvalue weighted by Gasteiger charge is 2.28. The molecule has 1 atom stereocenters. The van der Waals surface area contributed by atoms with Crippen molar-refractivity contribution in [3.05, 3.63) is 53.6 Å². The molecule has 0 unspecified atom stereocenters. The van der Waals surface area contributed by atoms with Gasteiger partial charge < -0.3 is 5.32 Å². The Morgan fingerprint density at radius 2 is 2.00 bits per heavy atom. The highest BCUT2D eigenvalue weighted by Crippen LogP contribution is 2.39. The maximum absolute atomic E-state index is 12.7. The summed E-state index contributed by atoms with van der Waals surface area (Å²) in [5.74, 6) is 0. The Hall–Kier alpha value is -1.65. The van der Waals surface area contributed by atoms with Gasteiger partial charge in [-0.05, 0) is 30.7 Å². The van der Waals surface area contributed by atoms with Gasteiger partial charge in [0.1, 0.15) is 0 Å². The summed E-state index contributed by atoms with van der Waals surface area (Å²) in [5, 5.41) is 3.86. The minimum atomic E-state index is -0.140. The van der Waals surface area contributed by atoms with Crippen LogP contribution in [-0.2, 0) is 0 Å². The molecule has 2 aromatic rings. The largest absolute Gasteiger partial charge is 0.326 e. The summed E-state index contributed by atoms with van der Waals surface area (Å²) in [4.78, 5) is 15.6. The van der Waals surface area contributed by atoms with Gasteiger partial charge in [0.05, 0.1) is 16.4 Å². The molecule has 1 heterocycles. The van der Waals surface area contributed by atoms with Crippen LogP contribution >= 0.6 is 23.4 Å². The van der Waals surface area contributed by atoms with Crippen molar-refractivity contribution in [2.45, 2.75) is 23.5 Å².